The highest BCUT2D eigenvalue weighted by Gasteiger charge is 2.40. The van der Waals surface area contributed by atoms with Crippen LogP contribution >= 0.6 is 15.9 Å². The standard InChI is InChI=1S/C18H29BrN2O3/c19-13-5-3-12(4-6-13)17(22)20-14-7-8-16(15(11-14)18(23)24)21-9-1-2-10-21/h12-16H,1-11H2,(H,20,22)(H,23,24). The highest BCUT2D eigenvalue weighted by molar-refractivity contribution is 9.09. The molecule has 0 aromatic rings. The molecule has 3 rings (SSSR count). The molecule has 2 N–H and O–H groups in total. The Morgan fingerprint density at radius 1 is 1.00 bits per heavy atom. The summed E-state index contributed by atoms with van der Waals surface area (Å²) in [6.07, 6.45) is 8.71. The number of aliphatic carboxylic acids is 1. The molecule has 0 bridgehead atoms. The maximum Gasteiger partial charge on any atom is 0.308 e. The van der Waals surface area contributed by atoms with Crippen LogP contribution in [0.5, 0.6) is 0 Å². The Hall–Kier alpha value is -0.620. The summed E-state index contributed by atoms with van der Waals surface area (Å²) in [5.74, 6) is -0.799. The van der Waals surface area contributed by atoms with Crippen LogP contribution in [0.3, 0.4) is 0 Å². The van der Waals surface area contributed by atoms with Crippen molar-refractivity contribution < 1.29 is 14.7 Å². The molecule has 1 heterocycles. The van der Waals surface area contributed by atoms with Crippen molar-refractivity contribution in [2.45, 2.75) is 74.7 Å². The highest BCUT2D eigenvalue weighted by atomic mass is 79.9. The number of carboxylic acids is 1. The van der Waals surface area contributed by atoms with Crippen molar-refractivity contribution in [3.8, 4) is 0 Å². The Morgan fingerprint density at radius 2 is 1.67 bits per heavy atom. The summed E-state index contributed by atoms with van der Waals surface area (Å²) in [5.41, 5.74) is 0. The van der Waals surface area contributed by atoms with E-state index in [4.69, 9.17) is 0 Å². The Balaban J connectivity index is 1.54. The summed E-state index contributed by atoms with van der Waals surface area (Å²) in [7, 11) is 0. The van der Waals surface area contributed by atoms with Gasteiger partial charge in [0, 0.05) is 22.8 Å². The minimum absolute atomic E-state index is 0.0270. The predicted octanol–water partition coefficient (Wildman–Crippen LogP) is 2.77. The molecule has 0 radical (unpaired) electrons. The lowest BCUT2D eigenvalue weighted by atomic mass is 9.80. The molecule has 2 aliphatic carbocycles. The molecule has 136 valence electrons. The number of likely N-dealkylation sites (tertiary alicyclic amines) is 1. The lowest BCUT2D eigenvalue weighted by molar-refractivity contribution is -0.146. The zero-order valence-corrected chi connectivity index (χ0v) is 15.8. The molecule has 1 amide bonds. The van der Waals surface area contributed by atoms with E-state index in [0.29, 0.717) is 11.2 Å². The molecule has 3 aliphatic rings. The second-order valence-corrected chi connectivity index (χ2v) is 9.02. The van der Waals surface area contributed by atoms with Crippen molar-refractivity contribution >= 4 is 27.8 Å². The maximum atomic E-state index is 12.5. The number of carboxylic acid groups (broad SMARTS) is 1. The average Bonchev–Trinajstić information content (AvgIpc) is 3.09. The molecule has 1 saturated heterocycles. The van der Waals surface area contributed by atoms with Gasteiger partial charge < -0.3 is 10.4 Å². The van der Waals surface area contributed by atoms with E-state index in [1.54, 1.807) is 0 Å². The van der Waals surface area contributed by atoms with Gasteiger partial charge in [-0.15, -0.1) is 0 Å². The first-order chi connectivity index (χ1) is 11.5. The van der Waals surface area contributed by atoms with Gasteiger partial charge in [-0.25, -0.2) is 0 Å². The lowest BCUT2D eigenvalue weighted by Crippen LogP contribution is -2.51. The molecule has 3 atom stereocenters. The van der Waals surface area contributed by atoms with Gasteiger partial charge in [-0.3, -0.25) is 14.5 Å². The Kier molecular flexibility index (Phi) is 6.19. The van der Waals surface area contributed by atoms with E-state index in [0.717, 1.165) is 51.6 Å². The van der Waals surface area contributed by atoms with E-state index in [9.17, 15) is 14.7 Å². The van der Waals surface area contributed by atoms with Crippen LogP contribution in [0.1, 0.15) is 57.8 Å². The third kappa shape index (κ3) is 4.31. The number of hydrogen-bond donors (Lipinski definition) is 2. The number of alkyl halides is 1. The van der Waals surface area contributed by atoms with Crippen molar-refractivity contribution in [1.82, 2.24) is 10.2 Å². The topological polar surface area (TPSA) is 69.6 Å². The molecule has 0 spiro atoms. The van der Waals surface area contributed by atoms with Crippen molar-refractivity contribution in [3.63, 3.8) is 0 Å². The number of rotatable bonds is 4. The van der Waals surface area contributed by atoms with E-state index in [-0.39, 0.29) is 29.8 Å². The fourth-order valence-corrected chi connectivity index (χ4v) is 5.22. The summed E-state index contributed by atoms with van der Waals surface area (Å²) < 4.78 is 0. The zero-order chi connectivity index (χ0) is 17.1. The van der Waals surface area contributed by atoms with Gasteiger partial charge in [0.2, 0.25) is 5.91 Å². The van der Waals surface area contributed by atoms with Gasteiger partial charge in [0.25, 0.3) is 0 Å². The van der Waals surface area contributed by atoms with Gasteiger partial charge in [-0.2, -0.15) is 0 Å². The first-order valence-electron chi connectivity index (χ1n) is 9.46. The van der Waals surface area contributed by atoms with E-state index < -0.39 is 5.97 Å². The number of carbonyl (C=O) groups is 2. The molecular formula is C18H29BrN2O3. The van der Waals surface area contributed by atoms with Crippen molar-refractivity contribution in [1.29, 1.82) is 0 Å². The predicted molar refractivity (Wildman–Crippen MR) is 96.2 cm³/mol. The van der Waals surface area contributed by atoms with E-state index >= 15 is 0 Å². The minimum atomic E-state index is -0.703. The van der Waals surface area contributed by atoms with Gasteiger partial charge in [-0.05, 0) is 70.9 Å². The molecule has 5 nitrogen and oxygen atoms in total. The third-order valence-corrected chi connectivity index (χ3v) is 7.03. The normalized spacial score (nSPS) is 38.0. The van der Waals surface area contributed by atoms with Crippen LogP contribution < -0.4 is 5.32 Å². The van der Waals surface area contributed by atoms with E-state index in [1.165, 1.54) is 12.8 Å². The van der Waals surface area contributed by atoms with Crippen molar-refractivity contribution in [3.05, 3.63) is 0 Å². The van der Waals surface area contributed by atoms with Gasteiger partial charge in [0.05, 0.1) is 5.92 Å². The highest BCUT2D eigenvalue weighted by Crippen LogP contribution is 2.33. The number of halogens is 1. The van der Waals surface area contributed by atoms with Crippen LogP contribution in [0.15, 0.2) is 0 Å². The number of nitrogens with one attached hydrogen (secondary N) is 1. The monoisotopic (exact) mass is 400 g/mol. The minimum Gasteiger partial charge on any atom is -0.481 e. The second kappa shape index (κ2) is 8.17. The van der Waals surface area contributed by atoms with Crippen molar-refractivity contribution in [2.24, 2.45) is 11.8 Å². The summed E-state index contributed by atoms with van der Waals surface area (Å²) in [5, 5.41) is 12.8. The molecule has 3 unspecified atom stereocenters. The molecular weight excluding hydrogens is 372 g/mol. The van der Waals surface area contributed by atoms with Crippen LogP contribution in [0.25, 0.3) is 0 Å². The summed E-state index contributed by atoms with van der Waals surface area (Å²) in [4.78, 5) is 27.2. The van der Waals surface area contributed by atoms with Crippen molar-refractivity contribution in [2.75, 3.05) is 13.1 Å². The van der Waals surface area contributed by atoms with Crippen LogP contribution in [-0.4, -0.2) is 51.9 Å². The first-order valence-corrected chi connectivity index (χ1v) is 10.4. The van der Waals surface area contributed by atoms with Gasteiger partial charge in [0.15, 0.2) is 0 Å². The molecule has 1 aliphatic heterocycles. The number of amides is 1. The Labute approximate surface area is 152 Å². The SMILES string of the molecule is O=C(NC1CCC(N2CCCC2)C(C(=O)O)C1)C1CCC(Br)CC1. The fourth-order valence-electron chi connectivity index (χ4n) is 4.70. The average molecular weight is 401 g/mol. The van der Waals surface area contributed by atoms with Gasteiger partial charge >= 0.3 is 5.97 Å². The Morgan fingerprint density at radius 3 is 2.29 bits per heavy atom. The molecule has 6 heteroatoms. The Bertz CT molecular complexity index is 459. The van der Waals surface area contributed by atoms with E-state index in [2.05, 4.69) is 26.1 Å². The number of carbonyl (C=O) groups excluding carboxylic acids is 1. The van der Waals surface area contributed by atoms with Gasteiger partial charge in [-0.1, -0.05) is 15.9 Å². The van der Waals surface area contributed by atoms with Gasteiger partial charge in [0.1, 0.15) is 0 Å². The van der Waals surface area contributed by atoms with Crippen LogP contribution in [-0.2, 0) is 9.59 Å². The molecule has 24 heavy (non-hydrogen) atoms. The smallest absolute Gasteiger partial charge is 0.308 e. The van der Waals surface area contributed by atoms with Crippen LogP contribution in [0, 0.1) is 11.8 Å². The molecule has 0 aromatic heterocycles. The second-order valence-electron chi connectivity index (χ2n) is 7.72. The molecule has 3 fully saturated rings. The summed E-state index contributed by atoms with van der Waals surface area (Å²) in [6, 6.07) is 0.182. The number of nitrogens with zero attached hydrogens (tertiary/aromatic N) is 1. The first kappa shape index (κ1) is 18.2. The summed E-state index contributed by atoms with van der Waals surface area (Å²) in [6.45, 7) is 2.06. The largest absolute Gasteiger partial charge is 0.481 e. The maximum absolute atomic E-state index is 12.5. The van der Waals surface area contributed by atoms with Crippen LogP contribution in [0.2, 0.25) is 0 Å². The quantitative estimate of drug-likeness (QED) is 0.711. The van der Waals surface area contributed by atoms with E-state index in [1.807, 2.05) is 0 Å². The number of hydrogen-bond acceptors (Lipinski definition) is 3. The third-order valence-electron chi connectivity index (χ3n) is 6.11. The lowest BCUT2D eigenvalue weighted by Gasteiger charge is -2.39. The zero-order valence-electron chi connectivity index (χ0n) is 14.3. The fraction of sp³-hybridized carbons (Fsp3) is 0.889. The van der Waals surface area contributed by atoms with Crippen LogP contribution in [0.4, 0.5) is 0 Å². The summed E-state index contributed by atoms with van der Waals surface area (Å²) >= 11 is 3.62. The molecule has 0 aromatic carbocycles. The molecule has 2 saturated carbocycles.